The molecule has 0 spiro atoms. The largest absolute Gasteiger partial charge is 0.321 e. The van der Waals surface area contributed by atoms with Gasteiger partial charge < -0.3 is 4.90 Å². The van der Waals surface area contributed by atoms with E-state index in [4.69, 9.17) is 0 Å². The van der Waals surface area contributed by atoms with E-state index in [-0.39, 0.29) is 10.6 Å². The standard InChI is InChI=1S/C9H17NOS2/c1-2-3-4-5-6-10-8(11)7-13-9(10)12/h9,12H,2-7H2,1H3. The van der Waals surface area contributed by atoms with Crippen LogP contribution in [0, 0.1) is 0 Å². The predicted octanol–water partition coefficient (Wildman–Crippen LogP) is 2.36. The molecule has 0 aliphatic carbocycles. The number of rotatable bonds is 5. The minimum atomic E-state index is 0.106. The van der Waals surface area contributed by atoms with Crippen molar-refractivity contribution in [2.24, 2.45) is 0 Å². The maximum absolute atomic E-state index is 11.3. The van der Waals surface area contributed by atoms with Crippen LogP contribution in [0.2, 0.25) is 0 Å². The van der Waals surface area contributed by atoms with E-state index in [1.165, 1.54) is 19.3 Å². The maximum atomic E-state index is 11.3. The Balaban J connectivity index is 2.16. The van der Waals surface area contributed by atoms with Gasteiger partial charge in [0.15, 0.2) is 0 Å². The molecule has 1 fully saturated rings. The Labute approximate surface area is 89.9 Å². The average molecular weight is 219 g/mol. The van der Waals surface area contributed by atoms with E-state index in [1.807, 2.05) is 4.90 Å². The molecule has 1 rings (SSSR count). The molecule has 4 heteroatoms. The van der Waals surface area contributed by atoms with Crippen LogP contribution in [0.1, 0.15) is 32.6 Å². The molecule has 0 N–H and O–H groups in total. The minimum Gasteiger partial charge on any atom is -0.321 e. The van der Waals surface area contributed by atoms with Crippen molar-refractivity contribution in [1.29, 1.82) is 0 Å². The summed E-state index contributed by atoms with van der Waals surface area (Å²) >= 11 is 5.96. The average Bonchev–Trinajstić information content (AvgIpc) is 2.42. The first-order chi connectivity index (χ1) is 6.25. The van der Waals surface area contributed by atoms with Crippen molar-refractivity contribution < 1.29 is 4.79 Å². The van der Waals surface area contributed by atoms with Gasteiger partial charge in [-0.25, -0.2) is 0 Å². The smallest absolute Gasteiger partial charge is 0.234 e. The highest BCUT2D eigenvalue weighted by Gasteiger charge is 2.27. The molecule has 1 saturated heterocycles. The fourth-order valence-corrected chi connectivity index (χ4v) is 2.71. The lowest BCUT2D eigenvalue weighted by atomic mass is 10.2. The van der Waals surface area contributed by atoms with Crippen molar-refractivity contribution in [2.45, 2.75) is 37.3 Å². The molecule has 13 heavy (non-hydrogen) atoms. The zero-order chi connectivity index (χ0) is 9.68. The van der Waals surface area contributed by atoms with Crippen LogP contribution >= 0.6 is 24.4 Å². The van der Waals surface area contributed by atoms with Gasteiger partial charge in [0, 0.05) is 6.54 Å². The first-order valence-corrected chi connectivity index (χ1v) is 6.41. The van der Waals surface area contributed by atoms with Crippen molar-refractivity contribution >= 4 is 30.3 Å². The molecule has 1 amide bonds. The van der Waals surface area contributed by atoms with Gasteiger partial charge in [0.05, 0.1) is 5.75 Å². The molecule has 1 unspecified atom stereocenters. The Bertz CT molecular complexity index is 175. The number of carbonyl (C=O) groups excluding carboxylic acids is 1. The lowest BCUT2D eigenvalue weighted by Crippen LogP contribution is -2.30. The van der Waals surface area contributed by atoms with Crippen LogP contribution in [0.4, 0.5) is 0 Å². The van der Waals surface area contributed by atoms with Crippen molar-refractivity contribution in [3.8, 4) is 0 Å². The minimum absolute atomic E-state index is 0.106. The summed E-state index contributed by atoms with van der Waals surface area (Å²) in [7, 11) is 0. The number of thioether (sulfide) groups is 1. The highest BCUT2D eigenvalue weighted by Crippen LogP contribution is 2.27. The van der Waals surface area contributed by atoms with Crippen LogP contribution in [-0.4, -0.2) is 27.8 Å². The van der Waals surface area contributed by atoms with Gasteiger partial charge in [0.2, 0.25) is 5.91 Å². The Morgan fingerprint density at radius 3 is 2.85 bits per heavy atom. The number of nitrogens with zero attached hydrogens (tertiary/aromatic N) is 1. The molecule has 0 aromatic heterocycles. The summed E-state index contributed by atoms with van der Waals surface area (Å²) in [5.74, 6) is 0.864. The quantitative estimate of drug-likeness (QED) is 0.566. The van der Waals surface area contributed by atoms with Gasteiger partial charge in [-0.05, 0) is 6.42 Å². The van der Waals surface area contributed by atoms with E-state index >= 15 is 0 Å². The van der Waals surface area contributed by atoms with Crippen LogP contribution in [0.15, 0.2) is 0 Å². The molecule has 76 valence electrons. The Kier molecular flexibility index (Phi) is 5.02. The fourth-order valence-electron chi connectivity index (χ4n) is 1.39. The van der Waals surface area contributed by atoms with Gasteiger partial charge in [-0.3, -0.25) is 4.79 Å². The molecule has 1 aliphatic heterocycles. The molecule has 1 atom stereocenters. The second-order valence-corrected chi connectivity index (χ2v) is 5.19. The SMILES string of the molecule is CCCCCCN1C(=O)CSC1S. The molecule has 0 radical (unpaired) electrons. The van der Waals surface area contributed by atoms with E-state index in [2.05, 4.69) is 19.6 Å². The second kappa shape index (κ2) is 5.81. The Morgan fingerprint density at radius 1 is 1.54 bits per heavy atom. The molecular weight excluding hydrogens is 202 g/mol. The number of hydrogen-bond donors (Lipinski definition) is 1. The van der Waals surface area contributed by atoms with E-state index < -0.39 is 0 Å². The summed E-state index contributed by atoms with van der Waals surface area (Å²) in [6, 6.07) is 0. The van der Waals surface area contributed by atoms with Crippen LogP contribution < -0.4 is 0 Å². The molecule has 0 aromatic carbocycles. The predicted molar refractivity (Wildman–Crippen MR) is 61.1 cm³/mol. The van der Waals surface area contributed by atoms with E-state index in [0.29, 0.717) is 5.75 Å². The number of unbranched alkanes of at least 4 members (excludes halogenated alkanes) is 3. The summed E-state index contributed by atoms with van der Waals surface area (Å²) in [4.78, 5) is 13.2. The molecule has 0 bridgehead atoms. The van der Waals surface area contributed by atoms with E-state index in [9.17, 15) is 4.79 Å². The summed E-state index contributed by atoms with van der Waals surface area (Å²) in [5.41, 5.74) is 0. The maximum Gasteiger partial charge on any atom is 0.234 e. The Hall–Kier alpha value is 0.170. The van der Waals surface area contributed by atoms with Gasteiger partial charge in [-0.2, -0.15) is 0 Å². The van der Waals surface area contributed by atoms with Crippen molar-refractivity contribution in [2.75, 3.05) is 12.3 Å². The number of amides is 1. The fraction of sp³-hybridized carbons (Fsp3) is 0.889. The number of hydrogen-bond acceptors (Lipinski definition) is 3. The highest BCUT2D eigenvalue weighted by atomic mass is 32.2. The van der Waals surface area contributed by atoms with E-state index in [1.54, 1.807) is 11.8 Å². The lowest BCUT2D eigenvalue weighted by molar-refractivity contribution is -0.127. The van der Waals surface area contributed by atoms with E-state index in [0.717, 1.165) is 13.0 Å². The van der Waals surface area contributed by atoms with Gasteiger partial charge in [-0.15, -0.1) is 24.4 Å². The topological polar surface area (TPSA) is 20.3 Å². The monoisotopic (exact) mass is 219 g/mol. The van der Waals surface area contributed by atoms with Gasteiger partial charge in [0.25, 0.3) is 0 Å². The van der Waals surface area contributed by atoms with Crippen molar-refractivity contribution in [3.63, 3.8) is 0 Å². The van der Waals surface area contributed by atoms with Crippen molar-refractivity contribution in [1.82, 2.24) is 4.90 Å². The third kappa shape index (κ3) is 3.43. The molecule has 0 saturated carbocycles. The third-order valence-corrected chi connectivity index (χ3v) is 3.89. The molecule has 2 nitrogen and oxygen atoms in total. The third-order valence-electron chi connectivity index (χ3n) is 2.20. The normalized spacial score (nSPS) is 22.8. The summed E-state index contributed by atoms with van der Waals surface area (Å²) < 4.78 is 0.106. The summed E-state index contributed by atoms with van der Waals surface area (Å²) in [5, 5.41) is 0. The zero-order valence-electron chi connectivity index (χ0n) is 8.03. The molecule has 1 heterocycles. The second-order valence-electron chi connectivity index (χ2n) is 3.29. The number of carbonyl (C=O) groups is 1. The highest BCUT2D eigenvalue weighted by molar-refractivity contribution is 8.11. The van der Waals surface area contributed by atoms with Gasteiger partial charge in [0.1, 0.15) is 4.71 Å². The van der Waals surface area contributed by atoms with Gasteiger partial charge in [-0.1, -0.05) is 26.2 Å². The van der Waals surface area contributed by atoms with Crippen LogP contribution in [0.5, 0.6) is 0 Å². The van der Waals surface area contributed by atoms with Crippen LogP contribution in [-0.2, 0) is 4.79 Å². The first kappa shape index (κ1) is 11.2. The zero-order valence-corrected chi connectivity index (χ0v) is 9.74. The summed E-state index contributed by atoms with van der Waals surface area (Å²) in [6.45, 7) is 3.08. The lowest BCUT2D eigenvalue weighted by Gasteiger charge is -2.19. The van der Waals surface area contributed by atoms with Crippen molar-refractivity contribution in [3.05, 3.63) is 0 Å². The molecule has 1 aliphatic rings. The Morgan fingerprint density at radius 2 is 2.31 bits per heavy atom. The first-order valence-electron chi connectivity index (χ1n) is 4.85. The van der Waals surface area contributed by atoms with Gasteiger partial charge >= 0.3 is 0 Å². The van der Waals surface area contributed by atoms with Crippen LogP contribution in [0.3, 0.4) is 0 Å². The van der Waals surface area contributed by atoms with Crippen LogP contribution in [0.25, 0.3) is 0 Å². The summed E-state index contributed by atoms with van der Waals surface area (Å²) in [6.07, 6.45) is 4.86. The molecular formula is C9H17NOS2. The molecule has 0 aromatic rings. The number of thiol groups is 1.